The molecule has 3 aliphatic heterocycles. The van der Waals surface area contributed by atoms with Crippen LogP contribution in [0.5, 0.6) is 0 Å². The molecule has 0 radical (unpaired) electrons. The summed E-state index contributed by atoms with van der Waals surface area (Å²) in [6, 6.07) is 12.1. The number of nitrogens with zero attached hydrogens (tertiary/aromatic N) is 3. The average Bonchev–Trinajstić information content (AvgIpc) is 3.43. The van der Waals surface area contributed by atoms with Crippen LogP contribution in [-0.2, 0) is 22.7 Å². The van der Waals surface area contributed by atoms with E-state index >= 15 is 0 Å². The van der Waals surface area contributed by atoms with Gasteiger partial charge in [-0.3, -0.25) is 29.7 Å². The van der Waals surface area contributed by atoms with Crippen molar-refractivity contribution in [3.63, 3.8) is 0 Å². The molecule has 174 valence electrons. The van der Waals surface area contributed by atoms with Gasteiger partial charge in [-0.2, -0.15) is 5.10 Å². The number of aromatic nitrogens is 2. The number of hydrogen-bond acceptors (Lipinski definition) is 5. The lowest BCUT2D eigenvalue weighted by Gasteiger charge is -2.32. The predicted molar refractivity (Wildman–Crippen MR) is 126 cm³/mol. The molecule has 3 aliphatic rings. The van der Waals surface area contributed by atoms with E-state index in [4.69, 9.17) is 0 Å². The minimum absolute atomic E-state index is 0.111. The second-order valence-corrected chi connectivity index (χ2v) is 9.66. The summed E-state index contributed by atoms with van der Waals surface area (Å²) in [6.07, 6.45) is 4.67. The Morgan fingerprint density at radius 1 is 1.00 bits per heavy atom. The summed E-state index contributed by atoms with van der Waals surface area (Å²) in [5.41, 5.74) is 5.31. The smallest absolute Gasteiger partial charge is 0.255 e. The van der Waals surface area contributed by atoms with Crippen molar-refractivity contribution in [2.45, 2.75) is 50.7 Å². The van der Waals surface area contributed by atoms with Crippen molar-refractivity contribution in [2.24, 2.45) is 0 Å². The number of nitrogens with one attached hydrogen (secondary N) is 2. The van der Waals surface area contributed by atoms with Gasteiger partial charge < -0.3 is 4.90 Å². The summed E-state index contributed by atoms with van der Waals surface area (Å²) < 4.78 is 0. The molecule has 2 fully saturated rings. The lowest BCUT2D eigenvalue weighted by atomic mass is 9.87. The van der Waals surface area contributed by atoms with Crippen molar-refractivity contribution in [1.29, 1.82) is 0 Å². The van der Waals surface area contributed by atoms with Crippen LogP contribution in [0.2, 0.25) is 0 Å². The number of benzene rings is 2. The van der Waals surface area contributed by atoms with Gasteiger partial charge in [-0.15, -0.1) is 0 Å². The van der Waals surface area contributed by atoms with E-state index in [1.54, 1.807) is 4.90 Å². The first-order valence-corrected chi connectivity index (χ1v) is 12.0. The molecule has 0 aliphatic carbocycles. The zero-order chi connectivity index (χ0) is 23.2. The van der Waals surface area contributed by atoms with Crippen LogP contribution in [0, 0.1) is 0 Å². The van der Waals surface area contributed by atoms with E-state index < -0.39 is 6.04 Å². The number of hydrogen-bond donors (Lipinski definition) is 2. The van der Waals surface area contributed by atoms with Gasteiger partial charge >= 0.3 is 0 Å². The normalized spacial score (nSPS) is 21.8. The summed E-state index contributed by atoms with van der Waals surface area (Å²) in [6.45, 7) is 3.43. The highest BCUT2D eigenvalue weighted by atomic mass is 16.2. The van der Waals surface area contributed by atoms with Gasteiger partial charge in [-0.25, -0.2) is 0 Å². The van der Waals surface area contributed by atoms with Crippen molar-refractivity contribution in [1.82, 2.24) is 25.3 Å². The van der Waals surface area contributed by atoms with Crippen molar-refractivity contribution >= 4 is 28.6 Å². The van der Waals surface area contributed by atoms with Crippen LogP contribution in [0.25, 0.3) is 10.9 Å². The summed E-state index contributed by atoms with van der Waals surface area (Å²) in [7, 11) is 0. The first-order chi connectivity index (χ1) is 16.5. The zero-order valence-electron chi connectivity index (χ0n) is 18.9. The molecule has 1 atom stereocenters. The molecule has 4 heterocycles. The molecule has 1 aromatic heterocycles. The Bertz CT molecular complexity index is 1290. The van der Waals surface area contributed by atoms with Gasteiger partial charge in [-0.1, -0.05) is 24.3 Å². The van der Waals surface area contributed by atoms with Gasteiger partial charge in [0.2, 0.25) is 11.8 Å². The third kappa shape index (κ3) is 3.77. The molecule has 3 amide bonds. The molecule has 6 rings (SSSR count). The number of rotatable bonds is 4. The summed E-state index contributed by atoms with van der Waals surface area (Å²) in [5.74, 6) is -0.269. The molecule has 1 unspecified atom stereocenters. The SMILES string of the molecule is O=C1CCC(N2Cc3cc(C4CCN(Cc5ccc6cn[nH]c6c5)CC4)ccc3C2=O)C(=O)N1. The second-order valence-electron chi connectivity index (χ2n) is 9.66. The number of piperidine rings is 2. The summed E-state index contributed by atoms with van der Waals surface area (Å²) in [5, 5.41) is 10.6. The average molecular weight is 458 g/mol. The van der Waals surface area contributed by atoms with Gasteiger partial charge in [0, 0.05) is 30.5 Å². The van der Waals surface area contributed by atoms with Gasteiger partial charge in [0.15, 0.2) is 0 Å². The van der Waals surface area contributed by atoms with E-state index in [-0.39, 0.29) is 24.1 Å². The Morgan fingerprint density at radius 2 is 1.85 bits per heavy atom. The Balaban J connectivity index is 1.10. The zero-order valence-corrected chi connectivity index (χ0v) is 18.9. The molecule has 3 aromatic rings. The van der Waals surface area contributed by atoms with E-state index in [1.165, 1.54) is 11.1 Å². The molecule has 2 N–H and O–H groups in total. The van der Waals surface area contributed by atoms with Crippen LogP contribution in [0.4, 0.5) is 0 Å². The largest absolute Gasteiger partial charge is 0.322 e. The monoisotopic (exact) mass is 457 g/mol. The van der Waals surface area contributed by atoms with Gasteiger partial charge in [-0.05, 0) is 67.1 Å². The number of likely N-dealkylation sites (tertiary alicyclic amines) is 1. The number of carbonyl (C=O) groups excluding carboxylic acids is 3. The third-order valence-electron chi connectivity index (χ3n) is 7.52. The lowest BCUT2D eigenvalue weighted by Crippen LogP contribution is -2.52. The Labute approximate surface area is 197 Å². The molecule has 8 nitrogen and oxygen atoms in total. The number of carbonyl (C=O) groups is 3. The third-order valence-corrected chi connectivity index (χ3v) is 7.52. The van der Waals surface area contributed by atoms with Crippen molar-refractivity contribution in [2.75, 3.05) is 13.1 Å². The van der Waals surface area contributed by atoms with Gasteiger partial charge in [0.1, 0.15) is 6.04 Å². The molecule has 0 bridgehead atoms. The van der Waals surface area contributed by atoms with Gasteiger partial charge in [0.25, 0.3) is 5.91 Å². The van der Waals surface area contributed by atoms with Crippen LogP contribution in [0.15, 0.2) is 42.6 Å². The number of H-pyrrole nitrogens is 1. The fourth-order valence-corrected chi connectivity index (χ4v) is 5.61. The van der Waals surface area contributed by atoms with Crippen molar-refractivity contribution < 1.29 is 14.4 Å². The molecule has 8 heteroatoms. The van der Waals surface area contributed by atoms with Crippen LogP contribution in [0.3, 0.4) is 0 Å². The quantitative estimate of drug-likeness (QED) is 0.587. The highest BCUT2D eigenvalue weighted by Crippen LogP contribution is 2.34. The van der Waals surface area contributed by atoms with Crippen molar-refractivity contribution in [3.8, 4) is 0 Å². The number of imide groups is 1. The molecular weight excluding hydrogens is 430 g/mol. The molecule has 2 saturated heterocycles. The first kappa shape index (κ1) is 21.0. The maximum atomic E-state index is 12.9. The second kappa shape index (κ2) is 8.36. The molecule has 0 spiro atoms. The summed E-state index contributed by atoms with van der Waals surface area (Å²) >= 11 is 0. The van der Waals surface area contributed by atoms with Gasteiger partial charge in [0.05, 0.1) is 11.7 Å². The lowest BCUT2D eigenvalue weighted by molar-refractivity contribution is -0.136. The van der Waals surface area contributed by atoms with E-state index in [0.717, 1.165) is 48.9 Å². The van der Waals surface area contributed by atoms with Crippen LogP contribution < -0.4 is 5.32 Å². The molecular formula is C26H27N5O3. The maximum absolute atomic E-state index is 12.9. The standard InChI is InChI=1S/C26H27N5O3/c32-24-6-5-23(25(33)28-24)31-15-20-12-18(3-4-21(20)26(31)34)17-7-9-30(10-8-17)14-16-1-2-19-13-27-29-22(19)11-16/h1-4,11-13,17,23H,5-10,14-15H2,(H,27,29)(H,28,32,33). The maximum Gasteiger partial charge on any atom is 0.255 e. The minimum atomic E-state index is -0.565. The van der Waals surface area contributed by atoms with E-state index in [9.17, 15) is 14.4 Å². The molecule has 2 aromatic carbocycles. The molecule has 34 heavy (non-hydrogen) atoms. The van der Waals surface area contributed by atoms with Crippen molar-refractivity contribution in [3.05, 3.63) is 64.8 Å². The number of amides is 3. The van der Waals surface area contributed by atoms with E-state index in [2.05, 4.69) is 50.7 Å². The Hall–Kier alpha value is -3.52. The topological polar surface area (TPSA) is 98.4 Å². The fraction of sp³-hybridized carbons (Fsp3) is 0.385. The first-order valence-electron chi connectivity index (χ1n) is 12.0. The predicted octanol–water partition coefficient (Wildman–Crippen LogP) is 2.70. The Kier molecular flexibility index (Phi) is 5.17. The highest BCUT2D eigenvalue weighted by molar-refractivity contribution is 6.05. The Morgan fingerprint density at radius 3 is 2.68 bits per heavy atom. The highest BCUT2D eigenvalue weighted by Gasteiger charge is 2.39. The van der Waals surface area contributed by atoms with Crippen LogP contribution in [-0.4, -0.2) is 56.9 Å². The molecule has 0 saturated carbocycles. The fourth-order valence-electron chi connectivity index (χ4n) is 5.61. The van der Waals surface area contributed by atoms with E-state index in [1.807, 2.05) is 12.3 Å². The summed E-state index contributed by atoms with van der Waals surface area (Å²) in [4.78, 5) is 40.8. The van der Waals surface area contributed by atoms with Crippen LogP contribution >= 0.6 is 0 Å². The number of aromatic amines is 1. The van der Waals surface area contributed by atoms with E-state index in [0.29, 0.717) is 24.4 Å². The number of fused-ring (bicyclic) bond motifs is 2. The van der Waals surface area contributed by atoms with Crippen LogP contribution in [0.1, 0.15) is 58.6 Å². The minimum Gasteiger partial charge on any atom is -0.322 e.